The van der Waals surface area contributed by atoms with Gasteiger partial charge in [0.05, 0.1) is 13.2 Å². The maximum atomic E-state index is 12.4. The first kappa shape index (κ1) is 19.8. The van der Waals surface area contributed by atoms with Crippen LogP contribution in [0, 0.1) is 0 Å². The van der Waals surface area contributed by atoms with E-state index in [-0.39, 0.29) is 18.2 Å². The van der Waals surface area contributed by atoms with Crippen LogP contribution in [-0.4, -0.2) is 37.6 Å². The second kappa shape index (κ2) is 8.50. The summed E-state index contributed by atoms with van der Waals surface area (Å²) >= 11 is -2.35. The molecule has 1 aliphatic rings. The van der Waals surface area contributed by atoms with Gasteiger partial charge < -0.3 is 23.6 Å². The van der Waals surface area contributed by atoms with Gasteiger partial charge in [0.1, 0.15) is 17.4 Å². The second-order valence-electron chi connectivity index (χ2n) is 7.04. The number of ether oxygens (including phenoxy) is 2. The zero-order chi connectivity index (χ0) is 20.4. The monoisotopic (exact) mass is 416 g/mol. The lowest BCUT2D eigenvalue weighted by Crippen LogP contribution is -2.26. The number of benzene rings is 1. The first-order chi connectivity index (χ1) is 14.0. The van der Waals surface area contributed by atoms with Gasteiger partial charge in [0.2, 0.25) is 0 Å². The number of pyridine rings is 1. The summed E-state index contributed by atoms with van der Waals surface area (Å²) in [4.78, 5) is 15.4. The summed E-state index contributed by atoms with van der Waals surface area (Å²) in [6.45, 7) is 1.50. The van der Waals surface area contributed by atoms with Crippen LogP contribution >= 0.6 is 0 Å². The summed E-state index contributed by atoms with van der Waals surface area (Å²) in [6, 6.07) is 7.47. The van der Waals surface area contributed by atoms with E-state index in [2.05, 4.69) is 9.71 Å². The van der Waals surface area contributed by atoms with Gasteiger partial charge in [-0.3, -0.25) is 9.00 Å². The van der Waals surface area contributed by atoms with Crippen LogP contribution in [0.1, 0.15) is 18.4 Å². The average molecular weight is 416 g/mol. The maximum Gasteiger partial charge on any atom is 0.274 e. The van der Waals surface area contributed by atoms with E-state index >= 15 is 0 Å². The predicted octanol–water partition coefficient (Wildman–Crippen LogP) is 1.98. The minimum absolute atomic E-state index is 0.0508. The molecule has 1 fully saturated rings. The highest BCUT2D eigenvalue weighted by Gasteiger charge is 2.20. The summed E-state index contributed by atoms with van der Waals surface area (Å²) in [5.41, 5.74) is 2.86. The second-order valence-corrected chi connectivity index (χ2v) is 7.80. The molecule has 1 aromatic carbocycles. The largest absolute Gasteiger partial charge is 0.760 e. The summed E-state index contributed by atoms with van der Waals surface area (Å²) < 4.78 is 37.4. The molecule has 4 rings (SSSR count). The van der Waals surface area contributed by atoms with Gasteiger partial charge in [0, 0.05) is 66.6 Å². The van der Waals surface area contributed by atoms with Crippen molar-refractivity contribution >= 4 is 22.2 Å². The SMILES string of the molecule is Cn1cc(-c2cc(CNS(=O)[O-])ccc2OC2CCOCC2)c2cc[nH]c2c1=O. The quantitative estimate of drug-likeness (QED) is 0.598. The van der Waals surface area contributed by atoms with Crippen LogP contribution in [-0.2, 0) is 29.6 Å². The van der Waals surface area contributed by atoms with Crippen molar-refractivity contribution in [1.82, 2.24) is 14.3 Å². The molecule has 0 amide bonds. The van der Waals surface area contributed by atoms with E-state index in [0.717, 1.165) is 34.9 Å². The normalized spacial score (nSPS) is 16.2. The van der Waals surface area contributed by atoms with Gasteiger partial charge in [-0.15, -0.1) is 0 Å². The van der Waals surface area contributed by atoms with Crippen molar-refractivity contribution in [2.45, 2.75) is 25.5 Å². The number of aryl methyl sites for hydroxylation is 1. The number of hydrogen-bond acceptors (Lipinski definition) is 5. The molecular formula is C20H22N3O5S-. The van der Waals surface area contributed by atoms with Gasteiger partial charge in [-0.2, -0.15) is 0 Å². The van der Waals surface area contributed by atoms with Crippen molar-refractivity contribution < 1.29 is 18.2 Å². The Morgan fingerprint density at radius 3 is 2.86 bits per heavy atom. The van der Waals surface area contributed by atoms with Crippen molar-refractivity contribution in [2.75, 3.05) is 13.2 Å². The lowest BCUT2D eigenvalue weighted by Gasteiger charge is -2.25. The lowest BCUT2D eigenvalue weighted by atomic mass is 10.00. The fraction of sp³-hybridized carbons (Fsp3) is 0.350. The number of hydrogen-bond donors (Lipinski definition) is 2. The van der Waals surface area contributed by atoms with Crippen LogP contribution in [0.2, 0.25) is 0 Å². The van der Waals surface area contributed by atoms with Crippen LogP contribution in [0.5, 0.6) is 5.75 Å². The van der Waals surface area contributed by atoms with E-state index in [1.54, 1.807) is 19.4 Å². The molecule has 8 nitrogen and oxygen atoms in total. The maximum absolute atomic E-state index is 12.4. The molecule has 1 saturated heterocycles. The van der Waals surface area contributed by atoms with Crippen LogP contribution in [0.4, 0.5) is 0 Å². The Balaban J connectivity index is 1.81. The highest BCUT2D eigenvalue weighted by molar-refractivity contribution is 7.77. The van der Waals surface area contributed by atoms with Gasteiger partial charge >= 0.3 is 0 Å². The van der Waals surface area contributed by atoms with Crippen LogP contribution in [0.3, 0.4) is 0 Å². The van der Waals surface area contributed by atoms with Crippen molar-refractivity contribution in [1.29, 1.82) is 0 Å². The molecule has 1 unspecified atom stereocenters. The number of H-pyrrole nitrogens is 1. The van der Waals surface area contributed by atoms with E-state index in [0.29, 0.717) is 24.5 Å². The molecule has 1 aliphatic heterocycles. The first-order valence-corrected chi connectivity index (χ1v) is 10.5. The Hall–Kier alpha value is -2.46. The number of aromatic nitrogens is 2. The van der Waals surface area contributed by atoms with Gasteiger partial charge in [-0.25, -0.2) is 4.72 Å². The molecule has 9 heteroatoms. The summed E-state index contributed by atoms with van der Waals surface area (Å²) in [6.07, 6.45) is 5.19. The molecule has 29 heavy (non-hydrogen) atoms. The highest BCUT2D eigenvalue weighted by Crippen LogP contribution is 2.36. The molecule has 154 valence electrons. The van der Waals surface area contributed by atoms with Gasteiger partial charge in [-0.05, 0) is 23.8 Å². The van der Waals surface area contributed by atoms with Gasteiger partial charge in [0.25, 0.3) is 5.56 Å². The molecule has 0 saturated carbocycles. The highest BCUT2D eigenvalue weighted by atomic mass is 32.2. The van der Waals surface area contributed by atoms with Crippen molar-refractivity contribution in [3.8, 4) is 16.9 Å². The molecule has 3 aromatic rings. The average Bonchev–Trinajstić information content (AvgIpc) is 3.21. The molecule has 2 N–H and O–H groups in total. The van der Waals surface area contributed by atoms with Gasteiger partial charge in [0.15, 0.2) is 0 Å². The first-order valence-electron chi connectivity index (χ1n) is 9.40. The number of fused-ring (bicyclic) bond motifs is 1. The van der Waals surface area contributed by atoms with Crippen LogP contribution in [0.15, 0.2) is 41.5 Å². The van der Waals surface area contributed by atoms with E-state index in [1.165, 1.54) is 4.57 Å². The fourth-order valence-corrected chi connectivity index (χ4v) is 3.88. The third-order valence-corrected chi connectivity index (χ3v) is 5.46. The topological polar surface area (TPSA) is 108 Å². The Labute approximate surface area is 170 Å². The number of nitrogens with one attached hydrogen (secondary N) is 2. The molecule has 2 aromatic heterocycles. The smallest absolute Gasteiger partial charge is 0.274 e. The predicted molar refractivity (Wildman–Crippen MR) is 109 cm³/mol. The Morgan fingerprint density at radius 1 is 1.31 bits per heavy atom. The fourth-order valence-electron chi connectivity index (χ4n) is 3.60. The van der Waals surface area contributed by atoms with Crippen LogP contribution < -0.4 is 15.0 Å². The minimum Gasteiger partial charge on any atom is -0.760 e. The number of rotatable bonds is 6. The third-order valence-electron chi connectivity index (χ3n) is 5.08. The summed E-state index contributed by atoms with van der Waals surface area (Å²) in [7, 11) is 1.71. The van der Waals surface area contributed by atoms with Crippen molar-refractivity contribution in [2.24, 2.45) is 7.05 Å². The molecule has 3 heterocycles. The van der Waals surface area contributed by atoms with E-state index in [4.69, 9.17) is 9.47 Å². The molecule has 1 atom stereocenters. The van der Waals surface area contributed by atoms with Crippen molar-refractivity contribution in [3.05, 3.63) is 52.6 Å². The van der Waals surface area contributed by atoms with E-state index < -0.39 is 11.3 Å². The Bertz CT molecular complexity index is 1100. The number of nitrogens with zero attached hydrogens (tertiary/aromatic N) is 1. The van der Waals surface area contributed by atoms with Crippen LogP contribution in [0.25, 0.3) is 22.0 Å². The molecule has 0 radical (unpaired) electrons. The zero-order valence-electron chi connectivity index (χ0n) is 16.0. The standard InChI is InChI=1S/C20H23N3O5S/c1-23-12-17(15-4-7-21-19(15)20(23)24)16-10-13(11-22-29(25)26)2-3-18(16)28-14-5-8-27-9-6-14/h2-4,7,10,12,14,21-22H,5-6,8-9,11H2,1H3,(H,25,26)/p-1. The zero-order valence-corrected chi connectivity index (χ0v) is 16.8. The Morgan fingerprint density at radius 2 is 2.10 bits per heavy atom. The summed E-state index contributed by atoms with van der Waals surface area (Å²) in [5, 5.41) is 0.794. The Kier molecular flexibility index (Phi) is 5.81. The summed E-state index contributed by atoms with van der Waals surface area (Å²) in [5.74, 6) is 0.699. The molecular weight excluding hydrogens is 394 g/mol. The molecule has 0 aliphatic carbocycles. The molecule has 0 bridgehead atoms. The lowest BCUT2D eigenvalue weighted by molar-refractivity contribution is 0.0258. The van der Waals surface area contributed by atoms with Crippen molar-refractivity contribution in [3.63, 3.8) is 0 Å². The number of aromatic amines is 1. The third kappa shape index (κ3) is 4.27. The van der Waals surface area contributed by atoms with E-state index in [9.17, 15) is 13.6 Å². The minimum atomic E-state index is -2.35. The van der Waals surface area contributed by atoms with E-state index in [1.807, 2.05) is 24.3 Å². The van der Waals surface area contributed by atoms with Gasteiger partial charge in [-0.1, -0.05) is 6.07 Å². The molecule has 0 spiro atoms.